The fourth-order valence-electron chi connectivity index (χ4n) is 2.08. The van der Waals surface area contributed by atoms with E-state index in [1.54, 1.807) is 0 Å². The van der Waals surface area contributed by atoms with Crippen molar-refractivity contribution in [1.82, 2.24) is 4.98 Å². The Balaban J connectivity index is 0.00000364. The van der Waals surface area contributed by atoms with Crippen molar-refractivity contribution in [3.05, 3.63) is 46.0 Å². The van der Waals surface area contributed by atoms with Gasteiger partial charge in [0, 0.05) is 30.5 Å². The van der Waals surface area contributed by atoms with Crippen LogP contribution in [0.1, 0.15) is 28.0 Å². The van der Waals surface area contributed by atoms with E-state index in [0.717, 1.165) is 11.3 Å². The topological polar surface area (TPSA) is 68.0 Å². The Morgan fingerprint density at radius 2 is 1.63 bits per heavy atom. The maximum absolute atomic E-state index is 12.9. The van der Waals surface area contributed by atoms with Crippen LogP contribution in [0.4, 0.5) is 31.5 Å². The molecule has 0 aliphatic heterocycles. The Bertz CT molecular complexity index is 758. The first-order valence-electron chi connectivity index (χ1n) is 7.22. The summed E-state index contributed by atoms with van der Waals surface area (Å²) in [7, 11) is 0. The minimum Gasteiger partial charge on any atom is -0.330 e. The number of thiazole rings is 1. The van der Waals surface area contributed by atoms with Gasteiger partial charge >= 0.3 is 12.4 Å². The number of anilines is 1. The smallest absolute Gasteiger partial charge is 0.330 e. The summed E-state index contributed by atoms with van der Waals surface area (Å²) in [5.41, 5.74) is 2.33. The van der Waals surface area contributed by atoms with Gasteiger partial charge in [-0.3, -0.25) is 4.79 Å². The quantitative estimate of drug-likeness (QED) is 0.683. The number of carbonyl (C=O) groups excluding carboxylic acids is 1. The third-order valence-corrected chi connectivity index (χ3v) is 4.11. The summed E-state index contributed by atoms with van der Waals surface area (Å²) in [4.78, 5) is 15.7. The number of nitrogens with two attached hydrogens (primary N) is 1. The van der Waals surface area contributed by atoms with Crippen LogP contribution in [-0.4, -0.2) is 17.4 Å². The monoisotopic (exact) mass is 433 g/mol. The summed E-state index contributed by atoms with van der Waals surface area (Å²) in [5, 5.41) is 2.64. The first-order chi connectivity index (χ1) is 12.0. The summed E-state index contributed by atoms with van der Waals surface area (Å²) >= 11 is 0.962. The van der Waals surface area contributed by atoms with Crippen molar-refractivity contribution in [1.29, 1.82) is 0 Å². The lowest BCUT2D eigenvalue weighted by molar-refractivity contribution is -0.143. The summed E-state index contributed by atoms with van der Waals surface area (Å²) in [5.74, 6) is -0.383. The van der Waals surface area contributed by atoms with Crippen LogP contribution in [0.5, 0.6) is 0 Å². The van der Waals surface area contributed by atoms with E-state index >= 15 is 0 Å². The van der Waals surface area contributed by atoms with Gasteiger partial charge in [0.05, 0.1) is 11.1 Å². The van der Waals surface area contributed by atoms with E-state index in [1.807, 2.05) is 0 Å². The zero-order valence-corrected chi connectivity index (χ0v) is 15.1. The van der Waals surface area contributed by atoms with Crippen LogP contribution < -0.4 is 11.1 Å². The van der Waals surface area contributed by atoms with E-state index in [-0.39, 0.29) is 54.5 Å². The van der Waals surface area contributed by atoms with Gasteiger partial charge in [-0.15, -0.1) is 23.7 Å². The van der Waals surface area contributed by atoms with Crippen molar-refractivity contribution in [3.63, 3.8) is 0 Å². The molecule has 0 radical (unpaired) electrons. The van der Waals surface area contributed by atoms with E-state index in [1.165, 1.54) is 6.20 Å². The molecular weight excluding hydrogens is 420 g/mol. The molecule has 2 rings (SSSR count). The summed E-state index contributed by atoms with van der Waals surface area (Å²) < 4.78 is 77.2. The second-order valence-corrected chi connectivity index (χ2v) is 6.42. The number of alkyl halides is 6. The SMILES string of the molecule is Cl.NCCC(=O)Nc1ncc(Cc2cc(C(F)(F)F)cc(C(F)(F)F)c2)s1. The van der Waals surface area contributed by atoms with Gasteiger partial charge in [0.25, 0.3) is 0 Å². The third-order valence-electron chi connectivity index (χ3n) is 3.20. The molecule has 0 unspecified atom stereocenters. The number of aromatic nitrogens is 1. The molecule has 12 heteroatoms. The molecule has 4 nitrogen and oxygen atoms in total. The minimum atomic E-state index is -4.90. The van der Waals surface area contributed by atoms with E-state index in [9.17, 15) is 31.1 Å². The molecule has 0 saturated carbocycles. The number of hydrogen-bond acceptors (Lipinski definition) is 4. The number of benzene rings is 1. The lowest BCUT2D eigenvalue weighted by Gasteiger charge is -2.13. The van der Waals surface area contributed by atoms with Crippen LogP contribution in [0.3, 0.4) is 0 Å². The highest BCUT2D eigenvalue weighted by Gasteiger charge is 2.36. The van der Waals surface area contributed by atoms with Gasteiger partial charge in [0.15, 0.2) is 5.13 Å². The zero-order valence-electron chi connectivity index (χ0n) is 13.4. The highest BCUT2D eigenvalue weighted by atomic mass is 35.5. The van der Waals surface area contributed by atoms with Gasteiger partial charge in [-0.2, -0.15) is 26.3 Å². The minimum absolute atomic E-state index is 0. The van der Waals surface area contributed by atoms with Crippen LogP contribution in [-0.2, 0) is 23.6 Å². The lowest BCUT2D eigenvalue weighted by Crippen LogP contribution is -2.15. The van der Waals surface area contributed by atoms with Gasteiger partial charge in [-0.05, 0) is 23.8 Å². The molecule has 0 fully saturated rings. The maximum atomic E-state index is 12.9. The Labute approximate surface area is 160 Å². The van der Waals surface area contributed by atoms with E-state index < -0.39 is 23.5 Å². The Hall–Kier alpha value is -1.85. The van der Waals surface area contributed by atoms with E-state index in [0.29, 0.717) is 17.0 Å². The molecule has 1 amide bonds. The molecule has 1 heterocycles. The molecule has 0 spiro atoms. The molecule has 150 valence electrons. The molecule has 0 atom stereocenters. The van der Waals surface area contributed by atoms with Crippen molar-refractivity contribution >= 4 is 34.8 Å². The van der Waals surface area contributed by atoms with Crippen LogP contribution >= 0.6 is 23.7 Å². The first kappa shape index (κ1) is 23.2. The van der Waals surface area contributed by atoms with Crippen molar-refractivity contribution in [2.45, 2.75) is 25.2 Å². The van der Waals surface area contributed by atoms with Crippen molar-refractivity contribution < 1.29 is 31.1 Å². The predicted molar refractivity (Wildman–Crippen MR) is 90.9 cm³/mol. The molecule has 1 aromatic heterocycles. The van der Waals surface area contributed by atoms with Crippen LogP contribution in [0.25, 0.3) is 0 Å². The molecule has 0 aliphatic carbocycles. The highest BCUT2D eigenvalue weighted by molar-refractivity contribution is 7.15. The van der Waals surface area contributed by atoms with Crippen molar-refractivity contribution in [3.8, 4) is 0 Å². The summed E-state index contributed by atoms with van der Waals surface area (Å²) in [6, 6.07) is 1.41. The maximum Gasteiger partial charge on any atom is 0.416 e. The number of hydrogen-bond donors (Lipinski definition) is 2. The number of carbonyl (C=O) groups is 1. The third kappa shape index (κ3) is 6.67. The van der Waals surface area contributed by atoms with Crippen LogP contribution in [0, 0.1) is 0 Å². The number of halogens is 7. The molecule has 27 heavy (non-hydrogen) atoms. The predicted octanol–water partition coefficient (Wildman–Crippen LogP) is 4.48. The van der Waals surface area contributed by atoms with Crippen LogP contribution in [0.15, 0.2) is 24.4 Å². The fraction of sp³-hybridized carbons (Fsp3) is 0.333. The van der Waals surface area contributed by atoms with Crippen molar-refractivity contribution in [2.75, 3.05) is 11.9 Å². The normalized spacial score (nSPS) is 11.8. The standard InChI is InChI=1S/C15H13F6N3OS.ClH/c16-14(17,18)9-3-8(4-10(6-9)15(19,20)21)5-11-7-23-13(26-11)24-12(25)1-2-22;/h3-4,6-7H,1-2,5,22H2,(H,23,24,25);1H. The Morgan fingerprint density at radius 3 is 2.11 bits per heavy atom. The molecule has 2 aromatic rings. The molecule has 0 saturated heterocycles. The molecule has 1 aromatic carbocycles. The van der Waals surface area contributed by atoms with Gasteiger partial charge in [-0.25, -0.2) is 4.98 Å². The van der Waals surface area contributed by atoms with Gasteiger partial charge in [0.1, 0.15) is 0 Å². The van der Waals surface area contributed by atoms with Crippen LogP contribution in [0.2, 0.25) is 0 Å². The molecular formula is C15H14ClF6N3OS. The van der Waals surface area contributed by atoms with E-state index in [4.69, 9.17) is 5.73 Å². The largest absolute Gasteiger partial charge is 0.416 e. The molecule has 3 N–H and O–H groups in total. The average Bonchev–Trinajstić information content (AvgIpc) is 2.92. The zero-order chi connectivity index (χ0) is 19.5. The van der Waals surface area contributed by atoms with E-state index in [2.05, 4.69) is 10.3 Å². The van der Waals surface area contributed by atoms with Gasteiger partial charge in [-0.1, -0.05) is 0 Å². The molecule has 0 aliphatic rings. The lowest BCUT2D eigenvalue weighted by atomic mass is 10.0. The fourth-order valence-corrected chi connectivity index (χ4v) is 2.95. The second-order valence-electron chi connectivity index (χ2n) is 5.31. The number of amides is 1. The van der Waals surface area contributed by atoms with Gasteiger partial charge < -0.3 is 11.1 Å². The Morgan fingerprint density at radius 1 is 1.07 bits per heavy atom. The van der Waals surface area contributed by atoms with Crippen molar-refractivity contribution in [2.24, 2.45) is 5.73 Å². The summed E-state index contributed by atoms with van der Waals surface area (Å²) in [6.45, 7) is 0.133. The summed E-state index contributed by atoms with van der Waals surface area (Å²) in [6.07, 6.45) is -8.62. The molecule has 0 bridgehead atoms. The average molecular weight is 434 g/mol. The van der Waals surface area contributed by atoms with Gasteiger partial charge in [0.2, 0.25) is 5.91 Å². The number of nitrogens with one attached hydrogen (secondary N) is 1. The highest BCUT2D eigenvalue weighted by Crippen LogP contribution is 2.37. The number of rotatable bonds is 5. The Kier molecular flexibility index (Phi) is 7.64. The first-order valence-corrected chi connectivity index (χ1v) is 8.03. The second kappa shape index (κ2) is 8.89. The number of nitrogens with zero attached hydrogens (tertiary/aromatic N) is 1.